The molecule has 1 aromatic carbocycles. The number of aryl methyl sites for hydroxylation is 1. The Morgan fingerprint density at radius 2 is 1.75 bits per heavy atom. The van der Waals surface area contributed by atoms with E-state index in [1.165, 1.54) is 0 Å². The summed E-state index contributed by atoms with van der Waals surface area (Å²) in [5.41, 5.74) is 2.03. The number of piperidine rings is 1. The van der Waals surface area contributed by atoms with Gasteiger partial charge in [0.25, 0.3) is 0 Å². The molecule has 0 unspecified atom stereocenters. The molecule has 28 heavy (non-hydrogen) atoms. The van der Waals surface area contributed by atoms with Gasteiger partial charge in [0.15, 0.2) is 17.3 Å². The van der Waals surface area contributed by atoms with Crippen LogP contribution in [0.4, 0.5) is 5.82 Å². The van der Waals surface area contributed by atoms with Crippen LogP contribution in [0.15, 0.2) is 30.5 Å². The summed E-state index contributed by atoms with van der Waals surface area (Å²) in [6, 6.07) is 8.07. The second-order valence-electron chi connectivity index (χ2n) is 7.26. The maximum atomic E-state index is 5.47. The molecule has 0 bridgehead atoms. The Morgan fingerprint density at radius 1 is 1.00 bits per heavy atom. The lowest BCUT2D eigenvalue weighted by molar-refractivity contribution is 0.356. The van der Waals surface area contributed by atoms with Crippen LogP contribution in [0, 0.1) is 12.8 Å². The fourth-order valence-electron chi connectivity index (χ4n) is 3.81. The van der Waals surface area contributed by atoms with Crippen molar-refractivity contribution in [1.29, 1.82) is 0 Å². The Hall–Kier alpha value is -2.96. The number of nitrogens with zero attached hydrogens (tertiary/aromatic N) is 5. The van der Waals surface area contributed by atoms with Crippen LogP contribution in [0.1, 0.15) is 24.2 Å². The monoisotopic (exact) mass is 379 g/mol. The molecule has 3 aromatic rings. The highest BCUT2D eigenvalue weighted by Gasteiger charge is 2.23. The number of hydrogen-bond acceptors (Lipinski definition) is 7. The van der Waals surface area contributed by atoms with Crippen LogP contribution in [0.2, 0.25) is 0 Å². The molecular formula is C21H25N5O2. The third kappa shape index (κ3) is 3.69. The minimum absolute atomic E-state index is 0.617. The summed E-state index contributed by atoms with van der Waals surface area (Å²) in [6.07, 6.45) is 4.94. The summed E-state index contributed by atoms with van der Waals surface area (Å²) in [7, 11) is 3.29. The second-order valence-corrected chi connectivity index (χ2v) is 7.26. The topological polar surface area (TPSA) is 73.3 Å². The van der Waals surface area contributed by atoms with Gasteiger partial charge in [0, 0.05) is 23.9 Å². The molecular weight excluding hydrogens is 354 g/mol. The fourth-order valence-corrected chi connectivity index (χ4v) is 3.81. The molecule has 1 aliphatic rings. The lowest BCUT2D eigenvalue weighted by Gasteiger charge is -2.33. The fraction of sp³-hybridized carbons (Fsp3) is 0.429. The lowest BCUT2D eigenvalue weighted by atomic mass is 9.92. The Bertz CT molecular complexity index is 953. The third-order valence-electron chi connectivity index (χ3n) is 5.41. The number of methoxy groups -OCH3 is 2. The van der Waals surface area contributed by atoms with Gasteiger partial charge in [0.1, 0.15) is 0 Å². The van der Waals surface area contributed by atoms with E-state index in [-0.39, 0.29) is 0 Å². The van der Waals surface area contributed by atoms with Crippen LogP contribution < -0.4 is 14.4 Å². The van der Waals surface area contributed by atoms with E-state index in [9.17, 15) is 0 Å². The van der Waals surface area contributed by atoms with Crippen molar-refractivity contribution in [3.05, 3.63) is 41.9 Å². The van der Waals surface area contributed by atoms with Crippen molar-refractivity contribution in [3.8, 4) is 11.5 Å². The molecule has 0 saturated carbocycles. The van der Waals surface area contributed by atoms with Gasteiger partial charge in [-0.2, -0.15) is 15.3 Å². The van der Waals surface area contributed by atoms with E-state index < -0.39 is 0 Å². The maximum Gasteiger partial charge on any atom is 0.161 e. The quantitative estimate of drug-likeness (QED) is 0.674. The van der Waals surface area contributed by atoms with E-state index in [0.717, 1.165) is 60.3 Å². The highest BCUT2D eigenvalue weighted by molar-refractivity contribution is 5.94. The van der Waals surface area contributed by atoms with Gasteiger partial charge in [-0.1, -0.05) is 0 Å². The summed E-state index contributed by atoms with van der Waals surface area (Å²) in [5.74, 6) is 2.93. The van der Waals surface area contributed by atoms with Crippen molar-refractivity contribution < 1.29 is 9.47 Å². The molecule has 2 aromatic heterocycles. The van der Waals surface area contributed by atoms with Crippen molar-refractivity contribution in [2.24, 2.45) is 5.92 Å². The average Bonchev–Trinajstić information content (AvgIpc) is 2.74. The predicted octanol–water partition coefficient (Wildman–Crippen LogP) is 3.20. The molecule has 0 radical (unpaired) electrons. The molecule has 0 atom stereocenters. The third-order valence-corrected chi connectivity index (χ3v) is 5.41. The minimum atomic E-state index is 0.617. The van der Waals surface area contributed by atoms with Gasteiger partial charge in [-0.15, -0.1) is 5.10 Å². The SMILES string of the molecule is COc1cc2cnnc(N3CCC(Cc4ccc(C)nn4)CC3)c2cc1OC. The maximum absolute atomic E-state index is 5.47. The van der Waals surface area contributed by atoms with Crippen molar-refractivity contribution in [3.63, 3.8) is 0 Å². The normalized spacial score (nSPS) is 15.0. The first kappa shape index (κ1) is 18.4. The largest absolute Gasteiger partial charge is 0.493 e. The van der Waals surface area contributed by atoms with Crippen LogP contribution in [-0.2, 0) is 6.42 Å². The first-order valence-electron chi connectivity index (χ1n) is 9.59. The standard InChI is InChI=1S/C21H25N5O2/c1-14-4-5-17(24-23-14)10-15-6-8-26(9-7-15)21-18-12-20(28-3)19(27-2)11-16(18)13-22-25-21/h4-5,11-13,15H,6-10H2,1-3H3. The van der Waals surface area contributed by atoms with Gasteiger partial charge in [0.2, 0.25) is 0 Å². The summed E-state index contributed by atoms with van der Waals surface area (Å²) in [5, 5.41) is 19.2. The molecule has 7 nitrogen and oxygen atoms in total. The highest BCUT2D eigenvalue weighted by Crippen LogP contribution is 2.36. The van der Waals surface area contributed by atoms with E-state index in [2.05, 4.69) is 31.4 Å². The second kappa shape index (κ2) is 7.96. The molecule has 1 saturated heterocycles. The van der Waals surface area contributed by atoms with E-state index in [1.54, 1.807) is 20.4 Å². The predicted molar refractivity (Wildman–Crippen MR) is 108 cm³/mol. The Balaban J connectivity index is 1.51. The average molecular weight is 379 g/mol. The van der Waals surface area contributed by atoms with Crippen molar-refractivity contribution in [1.82, 2.24) is 20.4 Å². The molecule has 7 heteroatoms. The summed E-state index contributed by atoms with van der Waals surface area (Å²) >= 11 is 0. The first-order chi connectivity index (χ1) is 13.7. The van der Waals surface area contributed by atoms with Crippen LogP contribution in [0.25, 0.3) is 10.8 Å². The molecule has 0 amide bonds. The number of benzene rings is 1. The van der Waals surface area contributed by atoms with Crippen LogP contribution in [0.3, 0.4) is 0 Å². The smallest absolute Gasteiger partial charge is 0.161 e. The Kier molecular flexibility index (Phi) is 5.23. The van der Waals surface area contributed by atoms with Gasteiger partial charge in [-0.25, -0.2) is 0 Å². The molecule has 4 rings (SSSR count). The van der Waals surface area contributed by atoms with Gasteiger partial charge in [-0.3, -0.25) is 0 Å². The molecule has 3 heterocycles. The number of aromatic nitrogens is 4. The van der Waals surface area contributed by atoms with Crippen molar-refractivity contribution in [2.75, 3.05) is 32.2 Å². The molecule has 1 aliphatic heterocycles. The summed E-state index contributed by atoms with van der Waals surface area (Å²) in [6.45, 7) is 3.86. The van der Waals surface area contributed by atoms with Crippen LogP contribution in [-0.4, -0.2) is 47.7 Å². The number of hydrogen-bond donors (Lipinski definition) is 0. The molecule has 146 valence electrons. The zero-order chi connectivity index (χ0) is 19.5. The number of ether oxygens (including phenoxy) is 2. The number of fused-ring (bicyclic) bond motifs is 1. The Labute approximate surface area is 164 Å². The summed E-state index contributed by atoms with van der Waals surface area (Å²) < 4.78 is 10.9. The van der Waals surface area contributed by atoms with Crippen molar-refractivity contribution in [2.45, 2.75) is 26.2 Å². The first-order valence-corrected chi connectivity index (χ1v) is 9.59. The van der Waals surface area contributed by atoms with E-state index in [4.69, 9.17) is 9.47 Å². The number of anilines is 1. The van der Waals surface area contributed by atoms with E-state index in [0.29, 0.717) is 17.4 Å². The minimum Gasteiger partial charge on any atom is -0.493 e. The summed E-state index contributed by atoms with van der Waals surface area (Å²) in [4.78, 5) is 2.32. The van der Waals surface area contributed by atoms with E-state index in [1.807, 2.05) is 25.1 Å². The number of rotatable bonds is 5. The van der Waals surface area contributed by atoms with Gasteiger partial charge >= 0.3 is 0 Å². The molecule has 1 fully saturated rings. The highest BCUT2D eigenvalue weighted by atomic mass is 16.5. The molecule has 0 N–H and O–H groups in total. The van der Waals surface area contributed by atoms with Gasteiger partial charge in [0.05, 0.1) is 31.8 Å². The van der Waals surface area contributed by atoms with Crippen LogP contribution in [0.5, 0.6) is 11.5 Å². The molecule has 0 spiro atoms. The Morgan fingerprint density at radius 3 is 2.43 bits per heavy atom. The van der Waals surface area contributed by atoms with Crippen molar-refractivity contribution >= 4 is 16.6 Å². The van der Waals surface area contributed by atoms with Gasteiger partial charge < -0.3 is 14.4 Å². The zero-order valence-corrected chi connectivity index (χ0v) is 16.6. The zero-order valence-electron chi connectivity index (χ0n) is 16.6. The van der Waals surface area contributed by atoms with Crippen LogP contribution >= 0.6 is 0 Å². The lowest BCUT2D eigenvalue weighted by Crippen LogP contribution is -2.35. The van der Waals surface area contributed by atoms with Gasteiger partial charge in [-0.05, 0) is 56.4 Å². The molecule has 0 aliphatic carbocycles. The van der Waals surface area contributed by atoms with E-state index >= 15 is 0 Å².